The van der Waals surface area contributed by atoms with E-state index in [0.29, 0.717) is 69.7 Å². The van der Waals surface area contributed by atoms with Crippen LogP contribution in [0.5, 0.6) is 0 Å². The smallest absolute Gasteiger partial charge is 0.239 e. The van der Waals surface area contributed by atoms with E-state index in [9.17, 15) is 19.2 Å². The lowest BCUT2D eigenvalue weighted by atomic mass is 9.74. The van der Waals surface area contributed by atoms with Gasteiger partial charge >= 0.3 is 0 Å². The maximum atomic E-state index is 13.1. The molecule has 0 aliphatic carbocycles. The van der Waals surface area contributed by atoms with Gasteiger partial charge < -0.3 is 20.4 Å². The topological polar surface area (TPSA) is 138 Å². The molecule has 1 spiro atoms. The predicted molar refractivity (Wildman–Crippen MR) is 125 cm³/mol. The standard InChI is InChI=1S/C24H34N6O5/c1-16-20(28-35-27-16)13-22(33)30-10-6-19-18(15-30)5-3-4-7-24(23(34)25-14-21(32)26-19)8-11-29(12-9-24)17(2)31/h3-4,18-19H,5-15H2,1-2H3,(H,25,34)(H,26,32)/b4-3+/t18-,19+/m0/s1. The largest absolute Gasteiger partial charge is 0.351 e. The van der Waals surface area contributed by atoms with Gasteiger partial charge in [-0.25, -0.2) is 4.63 Å². The third-order valence-electron chi connectivity index (χ3n) is 7.67. The highest BCUT2D eigenvalue weighted by atomic mass is 16.6. The minimum absolute atomic E-state index is 0.0146. The summed E-state index contributed by atoms with van der Waals surface area (Å²) in [6.45, 7) is 5.36. The van der Waals surface area contributed by atoms with Gasteiger partial charge in [0.15, 0.2) is 0 Å². The molecule has 0 aromatic carbocycles. The number of carbonyl (C=O) groups excluding carboxylic acids is 4. The van der Waals surface area contributed by atoms with Crippen molar-refractivity contribution in [2.45, 2.75) is 58.4 Å². The Labute approximate surface area is 204 Å². The van der Waals surface area contributed by atoms with Gasteiger partial charge in [0.25, 0.3) is 0 Å². The van der Waals surface area contributed by atoms with Gasteiger partial charge in [0, 0.05) is 45.1 Å². The Balaban J connectivity index is 1.44. The molecule has 2 N–H and O–H groups in total. The zero-order valence-corrected chi connectivity index (χ0v) is 20.4. The molecule has 0 saturated carbocycles. The number of amides is 4. The van der Waals surface area contributed by atoms with Gasteiger partial charge in [0.05, 0.1) is 18.4 Å². The van der Waals surface area contributed by atoms with Gasteiger partial charge in [0.1, 0.15) is 11.4 Å². The molecule has 11 heteroatoms. The third-order valence-corrected chi connectivity index (χ3v) is 7.67. The molecular formula is C24H34N6O5. The summed E-state index contributed by atoms with van der Waals surface area (Å²) in [4.78, 5) is 54.0. The molecule has 0 unspecified atom stereocenters. The Bertz CT molecular complexity index is 996. The number of hydrogen-bond acceptors (Lipinski definition) is 7. The van der Waals surface area contributed by atoms with Crippen LogP contribution in [0.4, 0.5) is 0 Å². The molecule has 190 valence electrons. The van der Waals surface area contributed by atoms with Crippen molar-refractivity contribution in [3.63, 3.8) is 0 Å². The van der Waals surface area contributed by atoms with E-state index in [4.69, 9.17) is 4.63 Å². The average Bonchev–Trinajstić information content (AvgIpc) is 3.24. The van der Waals surface area contributed by atoms with E-state index in [1.807, 2.05) is 4.90 Å². The second-order valence-corrected chi connectivity index (χ2v) is 9.92. The fraction of sp³-hybridized carbons (Fsp3) is 0.667. The van der Waals surface area contributed by atoms with Gasteiger partial charge in [-0.2, -0.15) is 0 Å². The SMILES string of the molecule is CC(=O)N1CCC2(C/C=C/C[C@H]3CN(C(=O)Cc4nonc4C)CC[C@H]3NC(=O)CNC2=O)CC1. The first kappa shape index (κ1) is 24.9. The quantitative estimate of drug-likeness (QED) is 0.575. The van der Waals surface area contributed by atoms with Crippen LogP contribution in [0.1, 0.15) is 50.4 Å². The number of aryl methyl sites for hydroxylation is 1. The normalized spacial score (nSPS) is 26.1. The molecule has 1 aromatic rings. The zero-order chi connectivity index (χ0) is 25.0. The van der Waals surface area contributed by atoms with Crippen LogP contribution >= 0.6 is 0 Å². The number of fused-ring (bicyclic) bond motifs is 1. The van der Waals surface area contributed by atoms with E-state index in [-0.39, 0.29) is 48.6 Å². The van der Waals surface area contributed by atoms with E-state index in [0.717, 1.165) is 0 Å². The maximum absolute atomic E-state index is 13.1. The fourth-order valence-electron chi connectivity index (χ4n) is 5.31. The van der Waals surface area contributed by atoms with Crippen LogP contribution in [0, 0.1) is 18.3 Å². The lowest BCUT2D eigenvalue weighted by molar-refractivity contribution is -0.140. The van der Waals surface area contributed by atoms with Gasteiger partial charge in [-0.15, -0.1) is 0 Å². The molecule has 0 bridgehead atoms. The molecule has 1 aromatic heterocycles. The summed E-state index contributed by atoms with van der Waals surface area (Å²) in [5.41, 5.74) is 0.528. The first-order chi connectivity index (χ1) is 16.8. The number of hydrogen-bond donors (Lipinski definition) is 2. The van der Waals surface area contributed by atoms with Crippen LogP contribution in [0.3, 0.4) is 0 Å². The molecule has 2 fully saturated rings. The fourth-order valence-corrected chi connectivity index (χ4v) is 5.31. The predicted octanol–water partition coefficient (Wildman–Crippen LogP) is 0.349. The van der Waals surface area contributed by atoms with E-state index in [2.05, 4.69) is 33.1 Å². The van der Waals surface area contributed by atoms with E-state index >= 15 is 0 Å². The average molecular weight is 487 g/mol. The van der Waals surface area contributed by atoms with Crippen LogP contribution in [-0.2, 0) is 25.6 Å². The molecule has 0 radical (unpaired) electrons. The Morgan fingerprint density at radius 1 is 1.14 bits per heavy atom. The highest BCUT2D eigenvalue weighted by molar-refractivity contribution is 5.88. The number of nitrogens with one attached hydrogen (secondary N) is 2. The van der Waals surface area contributed by atoms with Crippen molar-refractivity contribution in [1.29, 1.82) is 0 Å². The number of rotatable bonds is 2. The lowest BCUT2D eigenvalue weighted by Gasteiger charge is -2.41. The van der Waals surface area contributed by atoms with Crippen molar-refractivity contribution in [1.82, 2.24) is 30.7 Å². The number of allylic oxidation sites excluding steroid dienone is 2. The van der Waals surface area contributed by atoms with Crippen molar-refractivity contribution in [2.24, 2.45) is 11.3 Å². The Morgan fingerprint density at radius 2 is 1.91 bits per heavy atom. The van der Waals surface area contributed by atoms with Crippen LogP contribution < -0.4 is 10.6 Å². The summed E-state index contributed by atoms with van der Waals surface area (Å²) >= 11 is 0. The highest BCUT2D eigenvalue weighted by Crippen LogP contribution is 2.36. The number of piperidine rings is 2. The van der Waals surface area contributed by atoms with E-state index in [1.54, 1.807) is 18.7 Å². The molecule has 2 atom stereocenters. The summed E-state index contributed by atoms with van der Waals surface area (Å²) < 4.78 is 4.71. The van der Waals surface area contributed by atoms with Crippen LogP contribution in [0.15, 0.2) is 16.8 Å². The van der Waals surface area contributed by atoms with Gasteiger partial charge in [-0.1, -0.05) is 22.5 Å². The third kappa shape index (κ3) is 5.71. The second kappa shape index (κ2) is 10.6. The Kier molecular flexibility index (Phi) is 7.51. The number of nitrogens with zero attached hydrogens (tertiary/aromatic N) is 4. The lowest BCUT2D eigenvalue weighted by Crippen LogP contribution is -2.55. The number of carbonyl (C=O) groups is 4. The van der Waals surface area contributed by atoms with Crippen molar-refractivity contribution in [3.8, 4) is 0 Å². The maximum Gasteiger partial charge on any atom is 0.239 e. The molecule has 3 aliphatic rings. The van der Waals surface area contributed by atoms with Gasteiger partial charge in [-0.3, -0.25) is 19.2 Å². The summed E-state index contributed by atoms with van der Waals surface area (Å²) in [5.74, 6) is -0.308. The molecule has 4 heterocycles. The highest BCUT2D eigenvalue weighted by Gasteiger charge is 2.41. The number of likely N-dealkylation sites (tertiary alicyclic amines) is 2. The molecule has 4 amide bonds. The molecule has 11 nitrogen and oxygen atoms in total. The van der Waals surface area contributed by atoms with E-state index in [1.165, 1.54) is 0 Å². The van der Waals surface area contributed by atoms with E-state index < -0.39 is 5.41 Å². The monoisotopic (exact) mass is 486 g/mol. The van der Waals surface area contributed by atoms with Crippen molar-refractivity contribution in [2.75, 3.05) is 32.7 Å². The van der Waals surface area contributed by atoms with Crippen molar-refractivity contribution < 1.29 is 23.8 Å². The minimum atomic E-state index is -0.626. The number of aromatic nitrogens is 2. The minimum Gasteiger partial charge on any atom is -0.351 e. The van der Waals surface area contributed by atoms with Crippen LogP contribution in [0.25, 0.3) is 0 Å². The van der Waals surface area contributed by atoms with Crippen LogP contribution in [0.2, 0.25) is 0 Å². The molecule has 4 rings (SSSR count). The first-order valence-electron chi connectivity index (χ1n) is 12.3. The molecular weight excluding hydrogens is 452 g/mol. The van der Waals surface area contributed by atoms with Gasteiger partial charge in [0.2, 0.25) is 23.6 Å². The molecule has 35 heavy (non-hydrogen) atoms. The Morgan fingerprint density at radius 3 is 2.60 bits per heavy atom. The second-order valence-electron chi connectivity index (χ2n) is 9.92. The zero-order valence-electron chi connectivity index (χ0n) is 20.4. The Hall–Kier alpha value is -3.24. The molecule has 3 aliphatic heterocycles. The summed E-state index contributed by atoms with van der Waals surface area (Å²) in [7, 11) is 0. The summed E-state index contributed by atoms with van der Waals surface area (Å²) in [6, 6.07) is -0.0734. The van der Waals surface area contributed by atoms with Gasteiger partial charge in [-0.05, 0) is 39.0 Å². The first-order valence-corrected chi connectivity index (χ1v) is 12.3. The molecule has 2 saturated heterocycles. The van der Waals surface area contributed by atoms with Crippen molar-refractivity contribution >= 4 is 23.6 Å². The summed E-state index contributed by atoms with van der Waals surface area (Å²) in [6.07, 6.45) is 7.28. The van der Waals surface area contributed by atoms with Crippen LogP contribution in [-0.4, -0.2) is 82.5 Å². The van der Waals surface area contributed by atoms with Crippen molar-refractivity contribution in [3.05, 3.63) is 23.5 Å². The summed E-state index contributed by atoms with van der Waals surface area (Å²) in [5, 5.41) is 13.5.